The molecule has 1 aliphatic carbocycles. The van der Waals surface area contributed by atoms with Gasteiger partial charge in [-0.2, -0.15) is 0 Å². The number of benzene rings is 1. The zero-order valence-corrected chi connectivity index (χ0v) is 11.8. The van der Waals surface area contributed by atoms with E-state index >= 15 is 0 Å². The Morgan fingerprint density at radius 3 is 2.75 bits per heavy atom. The first-order chi connectivity index (χ1) is 9.69. The molecule has 1 fully saturated rings. The number of ether oxygens (including phenoxy) is 1. The fourth-order valence-corrected chi connectivity index (χ4v) is 3.11. The first kappa shape index (κ1) is 13.6. The molecule has 3 rings (SSSR count). The molecule has 3 N–H and O–H groups in total. The van der Waals surface area contributed by atoms with Crippen molar-refractivity contribution in [2.24, 2.45) is 5.73 Å². The topological polar surface area (TPSA) is 64.4 Å². The molecule has 1 heterocycles. The zero-order valence-electron chi connectivity index (χ0n) is 11.8. The summed E-state index contributed by atoms with van der Waals surface area (Å²) in [6.45, 7) is 1.13. The van der Waals surface area contributed by atoms with Crippen LogP contribution in [-0.2, 0) is 22.4 Å². The van der Waals surface area contributed by atoms with E-state index in [0.29, 0.717) is 26.1 Å². The summed E-state index contributed by atoms with van der Waals surface area (Å²) in [5.41, 5.74) is 9.06. The van der Waals surface area contributed by atoms with Crippen molar-refractivity contribution in [3.63, 3.8) is 0 Å². The van der Waals surface area contributed by atoms with Crippen molar-refractivity contribution in [2.75, 3.05) is 18.5 Å². The number of aryl methyl sites for hydroxylation is 1. The van der Waals surface area contributed by atoms with Gasteiger partial charge in [-0.3, -0.25) is 4.79 Å². The number of nitrogens with one attached hydrogen (secondary N) is 1. The van der Waals surface area contributed by atoms with E-state index in [2.05, 4.69) is 11.4 Å². The molecular formula is C16H22N2O2. The molecule has 4 nitrogen and oxygen atoms in total. The molecule has 0 bridgehead atoms. The minimum absolute atomic E-state index is 0.0697. The Kier molecular flexibility index (Phi) is 3.76. The highest BCUT2D eigenvalue weighted by molar-refractivity contribution is 5.98. The highest BCUT2D eigenvalue weighted by atomic mass is 16.5. The molecular weight excluding hydrogens is 252 g/mol. The molecule has 0 aromatic heterocycles. The van der Waals surface area contributed by atoms with E-state index in [1.807, 2.05) is 12.1 Å². The number of nitrogens with two attached hydrogens (primary N) is 1. The SMILES string of the molecule is NC1(C(=O)Nc2cccc3c2CCCC3)CCOCC1. The number of fused-ring (bicyclic) bond motifs is 1. The molecule has 2 aliphatic rings. The molecule has 108 valence electrons. The number of hydrogen-bond donors (Lipinski definition) is 2. The van der Waals surface area contributed by atoms with E-state index in [1.54, 1.807) is 0 Å². The lowest BCUT2D eigenvalue weighted by Gasteiger charge is -2.32. The summed E-state index contributed by atoms with van der Waals surface area (Å²) in [5, 5.41) is 3.06. The van der Waals surface area contributed by atoms with Gasteiger partial charge in [-0.15, -0.1) is 0 Å². The molecule has 1 saturated heterocycles. The van der Waals surface area contributed by atoms with E-state index in [0.717, 1.165) is 18.5 Å². The third kappa shape index (κ3) is 2.58. The van der Waals surface area contributed by atoms with Crippen LogP contribution in [0.3, 0.4) is 0 Å². The Bertz CT molecular complexity index is 507. The Labute approximate surface area is 119 Å². The normalized spacial score (nSPS) is 21.1. The average Bonchev–Trinajstić information content (AvgIpc) is 2.48. The third-order valence-electron chi connectivity index (χ3n) is 4.48. The van der Waals surface area contributed by atoms with Gasteiger partial charge in [0.1, 0.15) is 5.54 Å². The molecule has 0 radical (unpaired) electrons. The van der Waals surface area contributed by atoms with Gasteiger partial charge < -0.3 is 15.8 Å². The van der Waals surface area contributed by atoms with Crippen molar-refractivity contribution in [1.29, 1.82) is 0 Å². The highest BCUT2D eigenvalue weighted by Gasteiger charge is 2.36. The lowest BCUT2D eigenvalue weighted by molar-refractivity contribution is -0.124. The number of anilines is 1. The van der Waals surface area contributed by atoms with Crippen molar-refractivity contribution < 1.29 is 9.53 Å². The van der Waals surface area contributed by atoms with Crippen LogP contribution in [0.2, 0.25) is 0 Å². The summed E-state index contributed by atoms with van der Waals surface area (Å²) in [6.07, 6.45) is 5.78. The van der Waals surface area contributed by atoms with Crippen LogP contribution in [0.4, 0.5) is 5.69 Å². The molecule has 0 saturated carbocycles. The van der Waals surface area contributed by atoms with Crippen LogP contribution in [0.1, 0.15) is 36.8 Å². The zero-order chi connectivity index (χ0) is 14.0. The Hall–Kier alpha value is -1.39. The fourth-order valence-electron chi connectivity index (χ4n) is 3.11. The summed E-state index contributed by atoms with van der Waals surface area (Å²) < 4.78 is 5.30. The van der Waals surface area contributed by atoms with Gasteiger partial charge in [0.05, 0.1) is 0 Å². The molecule has 0 spiro atoms. The summed E-state index contributed by atoms with van der Waals surface area (Å²) >= 11 is 0. The Balaban J connectivity index is 1.79. The third-order valence-corrected chi connectivity index (χ3v) is 4.48. The number of amides is 1. The minimum Gasteiger partial charge on any atom is -0.381 e. The number of rotatable bonds is 2. The van der Waals surface area contributed by atoms with Gasteiger partial charge in [-0.05, 0) is 55.7 Å². The van der Waals surface area contributed by atoms with Crippen LogP contribution in [0.5, 0.6) is 0 Å². The highest BCUT2D eigenvalue weighted by Crippen LogP contribution is 2.29. The molecule has 1 aromatic carbocycles. The predicted molar refractivity (Wildman–Crippen MR) is 78.7 cm³/mol. The van der Waals surface area contributed by atoms with Crippen LogP contribution in [-0.4, -0.2) is 24.7 Å². The summed E-state index contributed by atoms with van der Waals surface area (Å²) in [7, 11) is 0. The van der Waals surface area contributed by atoms with E-state index < -0.39 is 5.54 Å². The van der Waals surface area contributed by atoms with Crippen molar-refractivity contribution in [3.8, 4) is 0 Å². The number of carbonyl (C=O) groups excluding carboxylic acids is 1. The van der Waals surface area contributed by atoms with Crippen molar-refractivity contribution in [1.82, 2.24) is 0 Å². The summed E-state index contributed by atoms with van der Waals surface area (Å²) in [5.74, 6) is -0.0697. The van der Waals surface area contributed by atoms with Gasteiger partial charge in [0.2, 0.25) is 5.91 Å². The van der Waals surface area contributed by atoms with Gasteiger partial charge in [0.15, 0.2) is 0 Å². The first-order valence-corrected chi connectivity index (χ1v) is 7.48. The van der Waals surface area contributed by atoms with E-state index in [-0.39, 0.29) is 5.91 Å². The molecule has 20 heavy (non-hydrogen) atoms. The Morgan fingerprint density at radius 2 is 1.95 bits per heavy atom. The lowest BCUT2D eigenvalue weighted by atomic mass is 9.88. The molecule has 1 aliphatic heterocycles. The first-order valence-electron chi connectivity index (χ1n) is 7.48. The maximum Gasteiger partial charge on any atom is 0.244 e. The smallest absolute Gasteiger partial charge is 0.244 e. The van der Waals surface area contributed by atoms with Crippen LogP contribution < -0.4 is 11.1 Å². The second-order valence-electron chi connectivity index (χ2n) is 5.87. The van der Waals surface area contributed by atoms with E-state index in [4.69, 9.17) is 10.5 Å². The van der Waals surface area contributed by atoms with Gasteiger partial charge in [0, 0.05) is 18.9 Å². The average molecular weight is 274 g/mol. The molecule has 4 heteroatoms. The monoisotopic (exact) mass is 274 g/mol. The second-order valence-corrected chi connectivity index (χ2v) is 5.87. The van der Waals surface area contributed by atoms with Gasteiger partial charge in [0.25, 0.3) is 0 Å². The maximum atomic E-state index is 12.5. The fraction of sp³-hybridized carbons (Fsp3) is 0.562. The lowest BCUT2D eigenvalue weighted by Crippen LogP contribution is -2.54. The van der Waals surface area contributed by atoms with E-state index in [1.165, 1.54) is 24.0 Å². The van der Waals surface area contributed by atoms with Crippen LogP contribution in [0, 0.1) is 0 Å². The van der Waals surface area contributed by atoms with Crippen LogP contribution in [0.15, 0.2) is 18.2 Å². The van der Waals surface area contributed by atoms with Gasteiger partial charge in [-0.1, -0.05) is 12.1 Å². The molecule has 0 unspecified atom stereocenters. The number of carbonyl (C=O) groups is 1. The standard InChI is InChI=1S/C16H22N2O2/c17-16(8-10-20-11-9-16)15(19)18-14-7-3-5-12-4-1-2-6-13(12)14/h3,5,7H,1-2,4,6,8-11,17H2,(H,18,19). The number of hydrogen-bond acceptors (Lipinski definition) is 3. The molecule has 1 aromatic rings. The van der Waals surface area contributed by atoms with Crippen molar-refractivity contribution >= 4 is 11.6 Å². The predicted octanol–water partition coefficient (Wildman–Crippen LogP) is 2.01. The van der Waals surface area contributed by atoms with E-state index in [9.17, 15) is 4.79 Å². The van der Waals surface area contributed by atoms with Crippen LogP contribution >= 0.6 is 0 Å². The van der Waals surface area contributed by atoms with Crippen LogP contribution in [0.25, 0.3) is 0 Å². The van der Waals surface area contributed by atoms with Gasteiger partial charge >= 0.3 is 0 Å². The van der Waals surface area contributed by atoms with Gasteiger partial charge in [-0.25, -0.2) is 0 Å². The van der Waals surface area contributed by atoms with Crippen molar-refractivity contribution in [2.45, 2.75) is 44.1 Å². The maximum absolute atomic E-state index is 12.5. The minimum atomic E-state index is -0.782. The second kappa shape index (κ2) is 5.54. The molecule has 1 amide bonds. The largest absolute Gasteiger partial charge is 0.381 e. The summed E-state index contributed by atoms with van der Waals surface area (Å²) in [6, 6.07) is 6.18. The van der Waals surface area contributed by atoms with Crippen molar-refractivity contribution in [3.05, 3.63) is 29.3 Å². The quantitative estimate of drug-likeness (QED) is 0.867. The molecule has 0 atom stereocenters. The Morgan fingerprint density at radius 1 is 1.20 bits per heavy atom. The summed E-state index contributed by atoms with van der Waals surface area (Å²) in [4.78, 5) is 12.5.